The van der Waals surface area contributed by atoms with Gasteiger partial charge in [-0.25, -0.2) is 4.90 Å². The molecule has 2 aromatic carbocycles. The molecule has 4 rings (SSSR count). The van der Waals surface area contributed by atoms with Crippen molar-refractivity contribution in [2.24, 2.45) is 11.0 Å². The van der Waals surface area contributed by atoms with Gasteiger partial charge in [-0.1, -0.05) is 12.1 Å². The van der Waals surface area contributed by atoms with Crippen LogP contribution in [0.15, 0.2) is 53.6 Å². The molecule has 0 spiro atoms. The van der Waals surface area contributed by atoms with E-state index in [4.69, 9.17) is 4.74 Å². The zero-order valence-corrected chi connectivity index (χ0v) is 15.1. The molecule has 0 unspecified atom stereocenters. The highest BCUT2D eigenvalue weighted by Gasteiger charge is 2.55. The Kier molecular flexibility index (Phi) is 4.30. The number of nitro benzene ring substituents is 1. The summed E-state index contributed by atoms with van der Waals surface area (Å²) in [4.78, 5) is 49.9. The number of imide groups is 1. The molecule has 2 amide bonds. The molecular weight excluding hydrogens is 380 g/mol. The van der Waals surface area contributed by atoms with Crippen molar-refractivity contribution in [3.63, 3.8) is 0 Å². The number of Topliss-reactive ketones (excluding diaryl/α,β-unsaturated/α-hetero) is 1. The molecule has 0 bridgehead atoms. The van der Waals surface area contributed by atoms with Crippen LogP contribution in [-0.4, -0.2) is 41.4 Å². The molecule has 2 aliphatic rings. The number of ketones is 1. The average Bonchev–Trinajstić information content (AvgIpc) is 3.27. The summed E-state index contributed by atoms with van der Waals surface area (Å²) in [5.74, 6) is -2.46. The van der Waals surface area contributed by atoms with Crippen molar-refractivity contribution in [1.29, 1.82) is 0 Å². The molecule has 10 nitrogen and oxygen atoms in total. The first-order valence-corrected chi connectivity index (χ1v) is 8.57. The molecule has 0 aromatic heterocycles. The quantitative estimate of drug-likeness (QED) is 0.350. The Morgan fingerprint density at radius 3 is 2.48 bits per heavy atom. The Bertz CT molecular complexity index is 1080. The van der Waals surface area contributed by atoms with Gasteiger partial charge in [0.1, 0.15) is 23.4 Å². The molecule has 0 saturated carbocycles. The zero-order chi connectivity index (χ0) is 20.7. The van der Waals surface area contributed by atoms with Gasteiger partial charge in [-0.2, -0.15) is 5.10 Å². The number of fused-ring (bicyclic) bond motifs is 1. The van der Waals surface area contributed by atoms with Gasteiger partial charge >= 0.3 is 0 Å². The highest BCUT2D eigenvalue weighted by Crippen LogP contribution is 2.36. The van der Waals surface area contributed by atoms with Gasteiger partial charge in [-0.05, 0) is 24.3 Å². The molecule has 0 aliphatic carbocycles. The molecule has 1 saturated heterocycles. The number of rotatable bonds is 5. The number of hydrogen-bond donors (Lipinski definition) is 1. The standard InChI is InChI=1S/C19H14N4O6/c1-29-13-5-3-2-4-12(13)22-18(25)14-15(20-21-16(14)19(22)26)17(24)10-6-8-11(9-7-10)23(27)28/h2-9,14,16,21H,1H3/t14-,16-/m0/s1. The summed E-state index contributed by atoms with van der Waals surface area (Å²) in [6, 6.07) is 10.5. The summed E-state index contributed by atoms with van der Waals surface area (Å²) in [5, 5.41) is 14.7. The molecule has 1 N–H and O–H groups in total. The molecule has 29 heavy (non-hydrogen) atoms. The van der Waals surface area contributed by atoms with Gasteiger partial charge in [0.15, 0.2) is 0 Å². The lowest BCUT2D eigenvalue weighted by Crippen LogP contribution is -2.36. The summed E-state index contributed by atoms with van der Waals surface area (Å²) < 4.78 is 5.23. The maximum atomic E-state index is 13.0. The minimum absolute atomic E-state index is 0.111. The lowest BCUT2D eigenvalue weighted by molar-refractivity contribution is -0.384. The lowest BCUT2D eigenvalue weighted by atomic mass is 9.92. The SMILES string of the molecule is COc1ccccc1N1C(=O)[C@H]2C(C(=O)c3ccc([N+](=O)[O-])cc3)=NN[C@@H]2C1=O. The number of ether oxygens (including phenoxy) is 1. The number of hydrogen-bond acceptors (Lipinski definition) is 8. The number of carbonyl (C=O) groups excluding carboxylic acids is 3. The van der Waals surface area contributed by atoms with E-state index in [2.05, 4.69) is 10.5 Å². The molecule has 2 aromatic rings. The minimum Gasteiger partial charge on any atom is -0.495 e. The van der Waals surface area contributed by atoms with Crippen molar-refractivity contribution in [3.8, 4) is 5.75 Å². The number of amides is 2. The summed E-state index contributed by atoms with van der Waals surface area (Å²) in [6.07, 6.45) is 0. The number of carbonyl (C=O) groups is 3. The number of nitrogens with zero attached hydrogens (tertiary/aromatic N) is 3. The van der Waals surface area contributed by atoms with E-state index in [9.17, 15) is 24.5 Å². The highest BCUT2D eigenvalue weighted by molar-refractivity contribution is 6.52. The lowest BCUT2D eigenvalue weighted by Gasteiger charge is -2.18. The van der Waals surface area contributed by atoms with E-state index in [1.807, 2.05) is 0 Å². The van der Waals surface area contributed by atoms with E-state index in [-0.39, 0.29) is 22.6 Å². The van der Waals surface area contributed by atoms with E-state index in [1.165, 1.54) is 31.4 Å². The van der Waals surface area contributed by atoms with E-state index in [0.29, 0.717) is 5.75 Å². The van der Waals surface area contributed by atoms with Crippen LogP contribution in [0.1, 0.15) is 10.4 Å². The number of benzene rings is 2. The third kappa shape index (κ3) is 2.81. The average molecular weight is 394 g/mol. The second-order valence-corrected chi connectivity index (χ2v) is 6.40. The van der Waals surface area contributed by atoms with Crippen molar-refractivity contribution in [2.75, 3.05) is 12.0 Å². The summed E-state index contributed by atoms with van der Waals surface area (Å²) in [7, 11) is 1.42. The zero-order valence-electron chi connectivity index (χ0n) is 15.1. The fraction of sp³-hybridized carbons (Fsp3) is 0.158. The predicted molar refractivity (Wildman–Crippen MR) is 101 cm³/mol. The van der Waals surface area contributed by atoms with Crippen molar-refractivity contribution in [1.82, 2.24) is 5.43 Å². The minimum atomic E-state index is -1.09. The molecule has 2 aliphatic heterocycles. The van der Waals surface area contributed by atoms with E-state index < -0.39 is 34.5 Å². The van der Waals surface area contributed by atoms with Crippen molar-refractivity contribution >= 4 is 34.7 Å². The number of non-ortho nitro benzene ring substituents is 1. The van der Waals surface area contributed by atoms with Gasteiger partial charge < -0.3 is 4.74 Å². The van der Waals surface area contributed by atoms with Crippen LogP contribution >= 0.6 is 0 Å². The second-order valence-electron chi connectivity index (χ2n) is 6.40. The third-order valence-electron chi connectivity index (χ3n) is 4.82. The van der Waals surface area contributed by atoms with Crippen LogP contribution in [0.5, 0.6) is 5.75 Å². The van der Waals surface area contributed by atoms with Gasteiger partial charge in [0.05, 0.1) is 17.7 Å². The van der Waals surface area contributed by atoms with Gasteiger partial charge in [-0.15, -0.1) is 0 Å². The smallest absolute Gasteiger partial charge is 0.269 e. The Hall–Kier alpha value is -4.08. The van der Waals surface area contributed by atoms with E-state index in [0.717, 1.165) is 4.90 Å². The van der Waals surface area contributed by atoms with Crippen molar-refractivity contribution in [2.45, 2.75) is 6.04 Å². The first-order valence-electron chi connectivity index (χ1n) is 8.57. The number of nitro groups is 1. The number of anilines is 1. The van der Waals surface area contributed by atoms with Crippen LogP contribution in [-0.2, 0) is 9.59 Å². The Morgan fingerprint density at radius 1 is 1.14 bits per heavy atom. The van der Waals surface area contributed by atoms with Crippen LogP contribution in [0.2, 0.25) is 0 Å². The summed E-state index contributed by atoms with van der Waals surface area (Å²) in [5.41, 5.74) is 2.71. The third-order valence-corrected chi connectivity index (χ3v) is 4.82. The van der Waals surface area contributed by atoms with E-state index >= 15 is 0 Å². The van der Waals surface area contributed by atoms with Crippen LogP contribution in [0.3, 0.4) is 0 Å². The Labute approximate surface area is 163 Å². The van der Waals surface area contributed by atoms with Gasteiger partial charge in [0.2, 0.25) is 11.7 Å². The Balaban J connectivity index is 1.65. The van der Waals surface area contributed by atoms with Crippen LogP contribution in [0.4, 0.5) is 11.4 Å². The number of nitrogens with one attached hydrogen (secondary N) is 1. The molecule has 2 heterocycles. The Morgan fingerprint density at radius 2 is 1.83 bits per heavy atom. The highest BCUT2D eigenvalue weighted by atomic mass is 16.6. The van der Waals surface area contributed by atoms with Gasteiger partial charge in [-0.3, -0.25) is 29.9 Å². The largest absolute Gasteiger partial charge is 0.495 e. The maximum Gasteiger partial charge on any atom is 0.269 e. The first kappa shape index (κ1) is 18.3. The molecule has 1 fully saturated rings. The van der Waals surface area contributed by atoms with Crippen molar-refractivity contribution < 1.29 is 24.0 Å². The van der Waals surface area contributed by atoms with E-state index in [1.54, 1.807) is 24.3 Å². The number of para-hydroxylation sites is 2. The van der Waals surface area contributed by atoms with Gasteiger partial charge in [0.25, 0.3) is 11.6 Å². The topological polar surface area (TPSA) is 131 Å². The second kappa shape index (κ2) is 6.82. The van der Waals surface area contributed by atoms with Crippen LogP contribution in [0, 0.1) is 16.0 Å². The summed E-state index contributed by atoms with van der Waals surface area (Å²) in [6.45, 7) is 0. The van der Waals surface area contributed by atoms with Crippen LogP contribution < -0.4 is 15.1 Å². The molecule has 2 atom stereocenters. The van der Waals surface area contributed by atoms with Crippen molar-refractivity contribution in [3.05, 3.63) is 64.2 Å². The fourth-order valence-electron chi connectivity index (χ4n) is 3.41. The maximum absolute atomic E-state index is 13.0. The fourth-order valence-corrected chi connectivity index (χ4v) is 3.41. The van der Waals surface area contributed by atoms with Crippen LogP contribution in [0.25, 0.3) is 0 Å². The van der Waals surface area contributed by atoms with Gasteiger partial charge in [0, 0.05) is 17.7 Å². The number of methoxy groups -OCH3 is 1. The monoisotopic (exact) mass is 394 g/mol. The first-order chi connectivity index (χ1) is 13.9. The predicted octanol–water partition coefficient (Wildman–Crippen LogP) is 1.30. The molecule has 146 valence electrons. The molecule has 10 heteroatoms. The molecular formula is C19H14N4O6. The normalized spacial score (nSPS) is 20.2. The summed E-state index contributed by atoms with van der Waals surface area (Å²) >= 11 is 0. The number of hydrazone groups is 1. The molecule has 0 radical (unpaired) electrons.